The summed E-state index contributed by atoms with van der Waals surface area (Å²) in [6.07, 6.45) is 0. The van der Waals surface area contributed by atoms with E-state index in [2.05, 4.69) is 22.2 Å². The highest BCUT2D eigenvalue weighted by Crippen LogP contribution is 2.28. The van der Waals surface area contributed by atoms with Gasteiger partial charge in [0.1, 0.15) is 4.90 Å². The van der Waals surface area contributed by atoms with Gasteiger partial charge in [-0.05, 0) is 85.5 Å². The summed E-state index contributed by atoms with van der Waals surface area (Å²) in [5.74, 6) is 0.389. The highest BCUT2D eigenvalue weighted by molar-refractivity contribution is 7.98. The maximum absolute atomic E-state index is 13.1. The number of carbonyl (C=O) groups excluding carboxylic acids is 1. The molecule has 5 nitrogen and oxygen atoms in total. The Labute approximate surface area is 227 Å². The highest BCUT2D eigenvalue weighted by atomic mass is 35.5. The van der Waals surface area contributed by atoms with Crippen LogP contribution in [0, 0.1) is 20.8 Å². The van der Waals surface area contributed by atoms with Crippen molar-refractivity contribution in [3.8, 4) is 0 Å². The Morgan fingerprint density at radius 1 is 0.838 bits per heavy atom. The molecule has 0 radical (unpaired) electrons. The predicted molar refractivity (Wildman–Crippen MR) is 153 cm³/mol. The molecule has 0 aliphatic heterocycles. The molecule has 190 valence electrons. The van der Waals surface area contributed by atoms with Crippen molar-refractivity contribution >= 4 is 50.7 Å². The minimum atomic E-state index is -4.02. The zero-order valence-corrected chi connectivity index (χ0v) is 23.1. The predicted octanol–water partition coefficient (Wildman–Crippen LogP) is 7.61. The van der Waals surface area contributed by atoms with Gasteiger partial charge in [0, 0.05) is 21.9 Å². The van der Waals surface area contributed by atoms with Crippen LogP contribution in [-0.4, -0.2) is 14.3 Å². The van der Waals surface area contributed by atoms with E-state index in [-0.39, 0.29) is 15.5 Å². The van der Waals surface area contributed by atoms with E-state index in [1.807, 2.05) is 69.3 Å². The van der Waals surface area contributed by atoms with E-state index in [1.165, 1.54) is 23.1 Å². The number of sulfonamides is 1. The van der Waals surface area contributed by atoms with Gasteiger partial charge in [-0.15, -0.1) is 11.8 Å². The number of benzene rings is 4. The molecule has 0 unspecified atom stereocenters. The molecule has 0 atom stereocenters. The average molecular weight is 551 g/mol. The fourth-order valence-corrected chi connectivity index (χ4v) is 6.24. The molecule has 0 fully saturated rings. The topological polar surface area (TPSA) is 75.3 Å². The van der Waals surface area contributed by atoms with E-state index >= 15 is 0 Å². The third kappa shape index (κ3) is 6.74. The lowest BCUT2D eigenvalue weighted by atomic mass is 10.1. The van der Waals surface area contributed by atoms with E-state index in [1.54, 1.807) is 17.8 Å². The lowest BCUT2D eigenvalue weighted by Crippen LogP contribution is -2.17. The molecular weight excluding hydrogens is 524 g/mol. The Bertz CT molecular complexity index is 1560. The van der Waals surface area contributed by atoms with Gasteiger partial charge in [0.25, 0.3) is 15.9 Å². The van der Waals surface area contributed by atoms with Gasteiger partial charge >= 0.3 is 0 Å². The van der Waals surface area contributed by atoms with Crippen LogP contribution in [0.15, 0.2) is 94.7 Å². The number of aryl methyl sites for hydroxylation is 3. The molecule has 0 saturated carbocycles. The molecule has 0 saturated heterocycles. The maximum atomic E-state index is 13.1. The van der Waals surface area contributed by atoms with E-state index in [0.717, 1.165) is 28.0 Å². The lowest BCUT2D eigenvalue weighted by molar-refractivity contribution is 0.102. The molecule has 4 aromatic carbocycles. The Morgan fingerprint density at radius 2 is 1.59 bits per heavy atom. The van der Waals surface area contributed by atoms with E-state index in [4.69, 9.17) is 11.6 Å². The van der Waals surface area contributed by atoms with Crippen LogP contribution in [0.3, 0.4) is 0 Å². The first-order valence-corrected chi connectivity index (χ1v) is 14.5. The molecule has 8 heteroatoms. The number of hydrogen-bond donors (Lipinski definition) is 2. The molecular formula is C29H27ClN2O3S2. The number of amides is 1. The molecule has 2 N–H and O–H groups in total. The standard InChI is InChI=1S/C29H27ClN2O3S2/c1-19-9-10-20(2)27(15-19)32-37(34,35)28-17-23(12-13-25(28)30)29(33)31-26-14-11-22(16-21(26)3)18-36-24-7-5-4-6-8-24/h4-17,32H,18H2,1-3H3,(H,31,33). The van der Waals surface area contributed by atoms with Crippen LogP contribution in [0.25, 0.3) is 0 Å². The number of rotatable bonds is 8. The van der Waals surface area contributed by atoms with Crippen LogP contribution >= 0.6 is 23.4 Å². The van der Waals surface area contributed by atoms with Crippen molar-refractivity contribution in [3.05, 3.63) is 118 Å². The highest BCUT2D eigenvalue weighted by Gasteiger charge is 2.21. The fourth-order valence-electron chi connectivity index (χ4n) is 3.73. The van der Waals surface area contributed by atoms with Crippen molar-refractivity contribution in [2.45, 2.75) is 36.3 Å². The zero-order chi connectivity index (χ0) is 26.6. The number of anilines is 2. The second-order valence-corrected chi connectivity index (χ2v) is 11.9. The first kappa shape index (κ1) is 26.8. The second-order valence-electron chi connectivity index (χ2n) is 8.77. The summed E-state index contributed by atoms with van der Waals surface area (Å²) in [6.45, 7) is 5.63. The molecule has 0 aromatic heterocycles. The Balaban J connectivity index is 1.50. The van der Waals surface area contributed by atoms with Crippen LogP contribution in [0.4, 0.5) is 11.4 Å². The quantitative estimate of drug-likeness (QED) is 0.221. The summed E-state index contributed by atoms with van der Waals surface area (Å²) in [7, 11) is -4.02. The Morgan fingerprint density at radius 3 is 2.32 bits per heavy atom. The smallest absolute Gasteiger partial charge is 0.263 e. The monoisotopic (exact) mass is 550 g/mol. The molecule has 37 heavy (non-hydrogen) atoms. The molecule has 0 aliphatic carbocycles. The second kappa shape index (κ2) is 11.4. The lowest BCUT2D eigenvalue weighted by Gasteiger charge is -2.14. The van der Waals surface area contributed by atoms with Crippen molar-refractivity contribution in [1.29, 1.82) is 0 Å². The van der Waals surface area contributed by atoms with Crippen LogP contribution in [0.1, 0.15) is 32.6 Å². The van der Waals surface area contributed by atoms with Crippen molar-refractivity contribution < 1.29 is 13.2 Å². The van der Waals surface area contributed by atoms with Crippen LogP contribution in [0.5, 0.6) is 0 Å². The summed E-state index contributed by atoms with van der Waals surface area (Å²) in [4.78, 5) is 14.1. The summed E-state index contributed by atoms with van der Waals surface area (Å²) in [6, 6.07) is 25.8. The van der Waals surface area contributed by atoms with Crippen molar-refractivity contribution in [2.24, 2.45) is 0 Å². The summed E-state index contributed by atoms with van der Waals surface area (Å²) >= 11 is 7.99. The first-order valence-electron chi connectivity index (χ1n) is 11.6. The minimum Gasteiger partial charge on any atom is -0.322 e. The van der Waals surface area contributed by atoms with Gasteiger partial charge in [-0.1, -0.05) is 54.1 Å². The van der Waals surface area contributed by atoms with Gasteiger partial charge in [0.05, 0.1) is 10.7 Å². The van der Waals surface area contributed by atoms with Crippen LogP contribution < -0.4 is 10.0 Å². The van der Waals surface area contributed by atoms with E-state index < -0.39 is 15.9 Å². The molecule has 4 rings (SSSR count). The van der Waals surface area contributed by atoms with E-state index in [9.17, 15) is 13.2 Å². The Hall–Kier alpha value is -3.26. The summed E-state index contributed by atoms with van der Waals surface area (Å²) < 4.78 is 28.9. The molecule has 0 heterocycles. The number of thioether (sulfide) groups is 1. The van der Waals surface area contributed by atoms with Crippen LogP contribution in [-0.2, 0) is 15.8 Å². The van der Waals surface area contributed by atoms with Gasteiger partial charge in [-0.25, -0.2) is 8.42 Å². The molecule has 0 aliphatic rings. The number of halogens is 1. The van der Waals surface area contributed by atoms with Gasteiger partial charge in [-0.2, -0.15) is 0 Å². The number of carbonyl (C=O) groups is 1. The fraction of sp³-hybridized carbons (Fsp3) is 0.138. The molecule has 4 aromatic rings. The average Bonchev–Trinajstić information content (AvgIpc) is 2.87. The molecule has 1 amide bonds. The summed E-state index contributed by atoms with van der Waals surface area (Å²) in [5.41, 5.74) is 5.06. The van der Waals surface area contributed by atoms with E-state index in [0.29, 0.717) is 11.4 Å². The number of hydrogen-bond acceptors (Lipinski definition) is 4. The van der Waals surface area contributed by atoms with Gasteiger partial charge in [0.2, 0.25) is 0 Å². The zero-order valence-electron chi connectivity index (χ0n) is 20.7. The Kier molecular flexibility index (Phi) is 8.27. The largest absolute Gasteiger partial charge is 0.322 e. The minimum absolute atomic E-state index is 0.0332. The van der Waals surface area contributed by atoms with Gasteiger partial charge in [0.15, 0.2) is 0 Å². The van der Waals surface area contributed by atoms with Gasteiger partial charge in [-0.3, -0.25) is 9.52 Å². The van der Waals surface area contributed by atoms with Crippen molar-refractivity contribution in [3.63, 3.8) is 0 Å². The van der Waals surface area contributed by atoms with Crippen LogP contribution in [0.2, 0.25) is 5.02 Å². The van der Waals surface area contributed by atoms with Crippen molar-refractivity contribution in [2.75, 3.05) is 10.0 Å². The third-order valence-electron chi connectivity index (χ3n) is 5.81. The first-order chi connectivity index (χ1) is 17.6. The SMILES string of the molecule is Cc1ccc(C)c(NS(=O)(=O)c2cc(C(=O)Nc3ccc(CSc4ccccc4)cc3C)ccc2Cl)c1. The molecule has 0 bridgehead atoms. The third-order valence-corrected chi connectivity index (χ3v) is 8.74. The molecule has 0 spiro atoms. The maximum Gasteiger partial charge on any atom is 0.263 e. The van der Waals surface area contributed by atoms with Gasteiger partial charge < -0.3 is 5.32 Å². The summed E-state index contributed by atoms with van der Waals surface area (Å²) in [5, 5.41) is 2.92. The number of nitrogens with one attached hydrogen (secondary N) is 2. The normalized spacial score (nSPS) is 11.2. The van der Waals surface area contributed by atoms with Crippen molar-refractivity contribution in [1.82, 2.24) is 0 Å².